The molecule has 0 unspecified atom stereocenters. The van der Waals surface area contributed by atoms with Crippen molar-refractivity contribution in [1.29, 1.82) is 0 Å². The summed E-state index contributed by atoms with van der Waals surface area (Å²) in [6, 6.07) is 12.4. The normalized spacial score (nSPS) is 11.8. The monoisotopic (exact) mass is 299 g/mol. The van der Waals surface area contributed by atoms with Gasteiger partial charge >= 0.3 is 6.36 Å². The summed E-state index contributed by atoms with van der Waals surface area (Å²) >= 11 is 5.73. The quantitative estimate of drug-likeness (QED) is 0.732. The number of hydrogen-bond donors (Lipinski definition) is 0. The number of ether oxygens (including phenoxy) is 1. The molecule has 0 aliphatic rings. The molecular formula is C14H9ClF3NO. The third-order valence-electron chi connectivity index (χ3n) is 2.32. The molecule has 0 N–H and O–H groups in total. The summed E-state index contributed by atoms with van der Waals surface area (Å²) in [6.07, 6.45) is -3.42. The maximum absolute atomic E-state index is 12.2. The van der Waals surface area contributed by atoms with Crippen molar-refractivity contribution >= 4 is 23.5 Å². The molecule has 20 heavy (non-hydrogen) atoms. The zero-order valence-electron chi connectivity index (χ0n) is 10.1. The van der Waals surface area contributed by atoms with Crippen LogP contribution in [0, 0.1) is 0 Å². The molecule has 0 saturated carbocycles. The van der Waals surface area contributed by atoms with Crippen LogP contribution in [0.3, 0.4) is 0 Å². The molecule has 6 heteroatoms. The van der Waals surface area contributed by atoms with Crippen molar-refractivity contribution in [2.24, 2.45) is 4.99 Å². The first-order chi connectivity index (χ1) is 9.44. The Kier molecular flexibility index (Phi) is 4.29. The lowest BCUT2D eigenvalue weighted by atomic mass is 10.2. The molecule has 0 aliphatic carbocycles. The zero-order chi connectivity index (χ0) is 14.6. The van der Waals surface area contributed by atoms with Crippen molar-refractivity contribution in [2.45, 2.75) is 6.36 Å². The summed E-state index contributed by atoms with van der Waals surface area (Å²) in [7, 11) is 0. The van der Waals surface area contributed by atoms with Crippen LogP contribution in [0.25, 0.3) is 0 Å². The molecule has 0 atom stereocenters. The number of nitrogens with zero attached hydrogens (tertiary/aromatic N) is 1. The van der Waals surface area contributed by atoms with Gasteiger partial charge in [-0.05, 0) is 36.4 Å². The Morgan fingerprint density at radius 1 is 1.00 bits per heavy atom. The van der Waals surface area contributed by atoms with E-state index in [4.69, 9.17) is 11.6 Å². The molecular weight excluding hydrogens is 291 g/mol. The maximum atomic E-state index is 12.2. The Labute approximate surface area is 118 Å². The number of halogens is 4. The molecule has 0 heterocycles. The SMILES string of the molecule is FC(F)(F)Oc1ccccc1C=Nc1ccc(Cl)cc1. The second-order valence-corrected chi connectivity index (χ2v) is 4.26. The number of benzene rings is 2. The summed E-state index contributed by atoms with van der Waals surface area (Å²) in [6.45, 7) is 0. The molecule has 104 valence electrons. The average molecular weight is 300 g/mol. The Morgan fingerprint density at radius 3 is 2.30 bits per heavy atom. The van der Waals surface area contributed by atoms with Crippen molar-refractivity contribution in [3.63, 3.8) is 0 Å². The van der Waals surface area contributed by atoms with Crippen LogP contribution in [0.5, 0.6) is 5.75 Å². The van der Waals surface area contributed by atoms with Crippen molar-refractivity contribution in [3.05, 3.63) is 59.1 Å². The third-order valence-corrected chi connectivity index (χ3v) is 2.58. The lowest BCUT2D eigenvalue weighted by molar-refractivity contribution is -0.274. The maximum Gasteiger partial charge on any atom is 0.573 e. The van der Waals surface area contributed by atoms with E-state index >= 15 is 0 Å². The lowest BCUT2D eigenvalue weighted by Crippen LogP contribution is -2.18. The predicted molar refractivity (Wildman–Crippen MR) is 71.8 cm³/mol. The van der Waals surface area contributed by atoms with Gasteiger partial charge in [-0.2, -0.15) is 0 Å². The second-order valence-electron chi connectivity index (χ2n) is 3.82. The fraction of sp³-hybridized carbons (Fsp3) is 0.0714. The summed E-state index contributed by atoms with van der Waals surface area (Å²) in [5, 5.41) is 0.560. The minimum absolute atomic E-state index is 0.236. The number of hydrogen-bond acceptors (Lipinski definition) is 2. The topological polar surface area (TPSA) is 21.6 Å². The van der Waals surface area contributed by atoms with E-state index in [1.165, 1.54) is 24.4 Å². The van der Waals surface area contributed by atoms with Gasteiger partial charge in [-0.15, -0.1) is 13.2 Å². The molecule has 2 aromatic carbocycles. The smallest absolute Gasteiger partial charge is 0.405 e. The Bertz CT molecular complexity index is 609. The molecule has 0 saturated heterocycles. The number of alkyl halides is 3. The van der Waals surface area contributed by atoms with Gasteiger partial charge in [-0.25, -0.2) is 0 Å². The summed E-state index contributed by atoms with van der Waals surface area (Å²) in [5.74, 6) is -0.294. The van der Waals surface area contributed by atoms with E-state index in [1.807, 2.05) is 0 Å². The molecule has 2 nitrogen and oxygen atoms in total. The average Bonchev–Trinajstić information content (AvgIpc) is 2.38. The van der Waals surface area contributed by atoms with Gasteiger partial charge in [0.1, 0.15) is 5.75 Å². The standard InChI is InChI=1S/C14H9ClF3NO/c15-11-5-7-12(8-6-11)19-9-10-3-1-2-4-13(10)20-14(16,17)18/h1-9H. The fourth-order valence-corrected chi connectivity index (χ4v) is 1.60. The van der Waals surface area contributed by atoms with Crippen LogP contribution in [0.1, 0.15) is 5.56 Å². The Balaban J connectivity index is 2.22. The van der Waals surface area contributed by atoms with E-state index in [9.17, 15) is 13.2 Å². The summed E-state index contributed by atoms with van der Waals surface area (Å²) in [4.78, 5) is 4.08. The van der Waals surface area contributed by atoms with E-state index in [0.717, 1.165) is 0 Å². The Morgan fingerprint density at radius 2 is 1.65 bits per heavy atom. The fourth-order valence-electron chi connectivity index (χ4n) is 1.48. The molecule has 0 bridgehead atoms. The van der Waals surface area contributed by atoms with Crippen LogP contribution in [0.2, 0.25) is 5.02 Å². The van der Waals surface area contributed by atoms with E-state index < -0.39 is 6.36 Å². The van der Waals surface area contributed by atoms with E-state index in [-0.39, 0.29) is 11.3 Å². The van der Waals surface area contributed by atoms with E-state index in [2.05, 4.69) is 9.73 Å². The van der Waals surface area contributed by atoms with Crippen molar-refractivity contribution in [2.75, 3.05) is 0 Å². The van der Waals surface area contributed by atoms with Crippen molar-refractivity contribution < 1.29 is 17.9 Å². The van der Waals surface area contributed by atoms with Gasteiger partial charge in [0.25, 0.3) is 0 Å². The van der Waals surface area contributed by atoms with Gasteiger partial charge in [0.2, 0.25) is 0 Å². The van der Waals surface area contributed by atoms with Crippen molar-refractivity contribution in [1.82, 2.24) is 0 Å². The highest BCUT2D eigenvalue weighted by atomic mass is 35.5. The number of para-hydroxylation sites is 1. The van der Waals surface area contributed by atoms with Gasteiger partial charge in [-0.1, -0.05) is 23.7 Å². The first kappa shape index (κ1) is 14.4. The molecule has 0 aliphatic heterocycles. The van der Waals surface area contributed by atoms with E-state index in [1.54, 1.807) is 30.3 Å². The van der Waals surface area contributed by atoms with Gasteiger partial charge in [0.15, 0.2) is 0 Å². The van der Waals surface area contributed by atoms with Gasteiger partial charge in [0, 0.05) is 16.8 Å². The molecule has 0 aromatic heterocycles. The van der Waals surface area contributed by atoms with Crippen LogP contribution in [-0.4, -0.2) is 12.6 Å². The number of rotatable bonds is 3. The highest BCUT2D eigenvalue weighted by Gasteiger charge is 2.31. The molecule has 0 radical (unpaired) electrons. The minimum atomic E-state index is -4.73. The molecule has 0 spiro atoms. The molecule has 0 amide bonds. The van der Waals surface area contributed by atoms with Gasteiger partial charge < -0.3 is 4.74 Å². The molecule has 2 rings (SSSR count). The van der Waals surface area contributed by atoms with Crippen LogP contribution in [0.15, 0.2) is 53.5 Å². The molecule has 0 fully saturated rings. The van der Waals surface area contributed by atoms with Crippen LogP contribution >= 0.6 is 11.6 Å². The zero-order valence-corrected chi connectivity index (χ0v) is 10.8. The summed E-state index contributed by atoms with van der Waals surface area (Å²) in [5.41, 5.74) is 0.816. The lowest BCUT2D eigenvalue weighted by Gasteiger charge is -2.10. The first-order valence-electron chi connectivity index (χ1n) is 5.58. The Hall–Kier alpha value is -2.01. The van der Waals surface area contributed by atoms with E-state index in [0.29, 0.717) is 10.7 Å². The number of aliphatic imine (C=N–C) groups is 1. The highest BCUT2D eigenvalue weighted by Crippen LogP contribution is 2.25. The largest absolute Gasteiger partial charge is 0.573 e. The van der Waals surface area contributed by atoms with Gasteiger partial charge in [0.05, 0.1) is 5.69 Å². The van der Waals surface area contributed by atoms with Crippen LogP contribution in [-0.2, 0) is 0 Å². The van der Waals surface area contributed by atoms with Gasteiger partial charge in [-0.3, -0.25) is 4.99 Å². The van der Waals surface area contributed by atoms with Crippen LogP contribution in [0.4, 0.5) is 18.9 Å². The van der Waals surface area contributed by atoms with Crippen molar-refractivity contribution in [3.8, 4) is 5.75 Å². The second kappa shape index (κ2) is 5.96. The third kappa shape index (κ3) is 4.28. The minimum Gasteiger partial charge on any atom is -0.405 e. The highest BCUT2D eigenvalue weighted by molar-refractivity contribution is 6.30. The molecule has 2 aromatic rings. The summed E-state index contributed by atoms with van der Waals surface area (Å²) < 4.78 is 40.7. The first-order valence-corrected chi connectivity index (χ1v) is 5.96. The predicted octanol–water partition coefficient (Wildman–Crippen LogP) is 4.99. The van der Waals surface area contributed by atoms with Crippen LogP contribution < -0.4 is 4.74 Å².